The van der Waals surface area contributed by atoms with Crippen LogP contribution >= 0.6 is 11.6 Å². The SMILES string of the molecule is O=C1OCC/C=C/CC/C=C/C(=N\OCc2ccccc2)Cc2c1ccc(O)c2Cl. The second kappa shape index (κ2) is 11.2. The molecule has 156 valence electrons. The normalized spacial score (nSPS) is 18.7. The molecule has 30 heavy (non-hydrogen) atoms. The molecule has 6 heteroatoms. The van der Waals surface area contributed by atoms with Crippen molar-refractivity contribution in [2.24, 2.45) is 5.16 Å². The van der Waals surface area contributed by atoms with E-state index >= 15 is 0 Å². The summed E-state index contributed by atoms with van der Waals surface area (Å²) in [5.41, 5.74) is 2.36. The number of rotatable bonds is 3. The minimum Gasteiger partial charge on any atom is -0.506 e. The first-order chi connectivity index (χ1) is 14.6. The average Bonchev–Trinajstić information content (AvgIpc) is 2.75. The van der Waals surface area contributed by atoms with Gasteiger partial charge in [-0.2, -0.15) is 0 Å². The summed E-state index contributed by atoms with van der Waals surface area (Å²) >= 11 is 6.33. The molecule has 1 N–H and O–H groups in total. The Morgan fingerprint density at radius 2 is 1.80 bits per heavy atom. The average molecular weight is 426 g/mol. The maximum Gasteiger partial charge on any atom is 0.338 e. The Morgan fingerprint density at radius 1 is 1.03 bits per heavy atom. The molecule has 1 aliphatic heterocycles. The molecule has 0 radical (unpaired) electrons. The van der Waals surface area contributed by atoms with E-state index in [4.69, 9.17) is 21.2 Å². The zero-order valence-electron chi connectivity index (χ0n) is 16.6. The number of oxime groups is 1. The van der Waals surface area contributed by atoms with Gasteiger partial charge in [0.15, 0.2) is 0 Å². The molecule has 0 bridgehead atoms. The molecule has 0 unspecified atom stereocenters. The molecule has 5 nitrogen and oxygen atoms in total. The third-order valence-electron chi connectivity index (χ3n) is 4.55. The molecule has 0 saturated carbocycles. The molecule has 2 aromatic carbocycles. The van der Waals surface area contributed by atoms with Crippen molar-refractivity contribution in [1.82, 2.24) is 0 Å². The summed E-state index contributed by atoms with van der Waals surface area (Å²) in [6.07, 6.45) is 10.5. The van der Waals surface area contributed by atoms with Gasteiger partial charge < -0.3 is 14.7 Å². The molecule has 0 aromatic heterocycles. The number of nitrogens with zero attached hydrogens (tertiary/aromatic N) is 1. The Labute approximate surface area is 181 Å². The van der Waals surface area contributed by atoms with Crippen molar-refractivity contribution >= 4 is 23.3 Å². The zero-order chi connectivity index (χ0) is 21.2. The van der Waals surface area contributed by atoms with E-state index in [9.17, 15) is 9.90 Å². The lowest BCUT2D eigenvalue weighted by molar-refractivity contribution is 0.0510. The van der Waals surface area contributed by atoms with E-state index in [1.165, 1.54) is 12.1 Å². The number of carbonyl (C=O) groups excluding carboxylic acids is 1. The number of hydrogen-bond donors (Lipinski definition) is 1. The smallest absolute Gasteiger partial charge is 0.338 e. The van der Waals surface area contributed by atoms with Crippen LogP contribution in [0.25, 0.3) is 0 Å². The number of carbonyl (C=O) groups is 1. The van der Waals surface area contributed by atoms with Crippen molar-refractivity contribution in [3.05, 3.63) is 88.5 Å². The molecule has 0 fully saturated rings. The summed E-state index contributed by atoms with van der Waals surface area (Å²) in [4.78, 5) is 18.1. The van der Waals surface area contributed by atoms with E-state index in [0.717, 1.165) is 18.4 Å². The van der Waals surface area contributed by atoms with Crippen LogP contribution in [0.15, 0.2) is 71.9 Å². The van der Waals surface area contributed by atoms with E-state index in [0.29, 0.717) is 29.9 Å². The molecular weight excluding hydrogens is 402 g/mol. The first-order valence-electron chi connectivity index (χ1n) is 9.87. The minimum atomic E-state index is -0.481. The number of esters is 1. The first kappa shape index (κ1) is 21.7. The van der Waals surface area contributed by atoms with E-state index in [-0.39, 0.29) is 23.8 Å². The van der Waals surface area contributed by atoms with Crippen LogP contribution < -0.4 is 0 Å². The van der Waals surface area contributed by atoms with Gasteiger partial charge in [-0.05, 0) is 48.6 Å². The van der Waals surface area contributed by atoms with Crippen LogP contribution in [-0.2, 0) is 22.6 Å². The van der Waals surface area contributed by atoms with Crippen LogP contribution in [0.1, 0.15) is 40.7 Å². The number of fused-ring (bicyclic) bond motifs is 1. The molecule has 0 spiro atoms. The summed E-state index contributed by atoms with van der Waals surface area (Å²) in [5.74, 6) is -0.577. The number of phenolic OH excluding ortho intramolecular Hbond substituents is 1. The number of ether oxygens (including phenoxy) is 1. The van der Waals surface area contributed by atoms with Crippen molar-refractivity contribution in [1.29, 1.82) is 0 Å². The van der Waals surface area contributed by atoms with Gasteiger partial charge in [-0.1, -0.05) is 65.3 Å². The maximum absolute atomic E-state index is 12.6. The fourth-order valence-corrected chi connectivity index (χ4v) is 3.22. The van der Waals surface area contributed by atoms with Crippen molar-refractivity contribution < 1.29 is 19.5 Å². The van der Waals surface area contributed by atoms with Gasteiger partial charge >= 0.3 is 5.97 Å². The number of phenols is 1. The largest absolute Gasteiger partial charge is 0.506 e. The Kier molecular flexibility index (Phi) is 8.10. The lowest BCUT2D eigenvalue weighted by atomic mass is 10.0. The van der Waals surface area contributed by atoms with Gasteiger partial charge in [0.05, 0.1) is 22.9 Å². The Hall–Kier alpha value is -3.05. The number of hydrogen-bond acceptors (Lipinski definition) is 5. The molecule has 0 amide bonds. The van der Waals surface area contributed by atoms with Crippen LogP contribution in [0, 0.1) is 0 Å². The lowest BCUT2D eigenvalue weighted by Crippen LogP contribution is -2.12. The number of aromatic hydroxyl groups is 1. The maximum atomic E-state index is 12.6. The van der Waals surface area contributed by atoms with Crippen LogP contribution in [0.2, 0.25) is 5.02 Å². The number of allylic oxidation sites excluding steroid dienone is 3. The monoisotopic (exact) mass is 425 g/mol. The van der Waals surface area contributed by atoms with Gasteiger partial charge in [0, 0.05) is 6.42 Å². The van der Waals surface area contributed by atoms with Crippen molar-refractivity contribution in [3.8, 4) is 5.75 Å². The molecule has 2 aromatic rings. The Morgan fingerprint density at radius 3 is 2.63 bits per heavy atom. The fourth-order valence-electron chi connectivity index (χ4n) is 2.98. The van der Waals surface area contributed by atoms with Crippen molar-refractivity contribution in [3.63, 3.8) is 0 Å². The molecule has 1 heterocycles. The zero-order valence-corrected chi connectivity index (χ0v) is 17.3. The Balaban J connectivity index is 1.89. The van der Waals surface area contributed by atoms with E-state index in [2.05, 4.69) is 11.2 Å². The molecule has 3 rings (SSSR count). The third kappa shape index (κ3) is 6.22. The van der Waals surface area contributed by atoms with Gasteiger partial charge in [-0.3, -0.25) is 0 Å². The van der Waals surface area contributed by atoms with Gasteiger partial charge in [0.2, 0.25) is 0 Å². The summed E-state index contributed by atoms with van der Waals surface area (Å²) in [7, 11) is 0. The van der Waals surface area contributed by atoms with E-state index in [1.54, 1.807) is 0 Å². The van der Waals surface area contributed by atoms with Gasteiger partial charge in [0.1, 0.15) is 12.4 Å². The van der Waals surface area contributed by atoms with Crippen LogP contribution in [-0.4, -0.2) is 23.4 Å². The first-order valence-corrected chi connectivity index (χ1v) is 10.2. The predicted octanol–water partition coefficient (Wildman–Crippen LogP) is 5.61. The minimum absolute atomic E-state index is 0.0965. The quantitative estimate of drug-likeness (QED) is 0.394. The number of halogens is 1. The highest BCUT2D eigenvalue weighted by atomic mass is 35.5. The molecule has 0 saturated heterocycles. The molecular formula is C24H24ClNO4. The van der Waals surface area contributed by atoms with E-state index in [1.807, 2.05) is 48.6 Å². The molecule has 0 atom stereocenters. The fraction of sp³-hybridized carbons (Fsp3) is 0.250. The van der Waals surface area contributed by atoms with Gasteiger partial charge in [0.25, 0.3) is 0 Å². The summed E-state index contributed by atoms with van der Waals surface area (Å²) in [5, 5.41) is 14.4. The Bertz CT molecular complexity index is 951. The second-order valence-corrected chi connectivity index (χ2v) is 7.20. The van der Waals surface area contributed by atoms with Crippen LogP contribution in [0.4, 0.5) is 0 Å². The van der Waals surface area contributed by atoms with Gasteiger partial charge in [-0.15, -0.1) is 0 Å². The summed E-state index contributed by atoms with van der Waals surface area (Å²) < 4.78 is 5.36. The third-order valence-corrected chi connectivity index (χ3v) is 4.97. The highest BCUT2D eigenvalue weighted by Gasteiger charge is 2.19. The molecule has 0 aliphatic carbocycles. The van der Waals surface area contributed by atoms with Crippen LogP contribution in [0.5, 0.6) is 5.75 Å². The highest BCUT2D eigenvalue weighted by molar-refractivity contribution is 6.33. The highest BCUT2D eigenvalue weighted by Crippen LogP contribution is 2.31. The van der Waals surface area contributed by atoms with Crippen molar-refractivity contribution in [2.75, 3.05) is 6.61 Å². The van der Waals surface area contributed by atoms with Crippen molar-refractivity contribution in [2.45, 2.75) is 32.3 Å². The number of benzene rings is 2. The standard InChI is InChI=1S/C24H24ClNO4/c25-23-21-16-19(26-30-17-18-10-6-5-7-11-18)12-8-3-1-2-4-9-15-29-24(28)20(21)13-14-22(23)27/h2,4-8,10-14,27H,1,3,9,15-17H2/b4-2+,12-8+,26-19+. The summed E-state index contributed by atoms with van der Waals surface area (Å²) in [6.45, 7) is 0.605. The van der Waals surface area contributed by atoms with E-state index < -0.39 is 5.97 Å². The topological polar surface area (TPSA) is 68.1 Å². The predicted molar refractivity (Wildman–Crippen MR) is 118 cm³/mol. The lowest BCUT2D eigenvalue weighted by Gasteiger charge is -2.13. The van der Waals surface area contributed by atoms with Gasteiger partial charge in [-0.25, -0.2) is 4.79 Å². The molecule has 1 aliphatic rings. The van der Waals surface area contributed by atoms with Crippen LogP contribution in [0.3, 0.4) is 0 Å². The number of cyclic esters (lactones) is 1. The summed E-state index contributed by atoms with van der Waals surface area (Å²) in [6, 6.07) is 12.6. The second-order valence-electron chi connectivity index (χ2n) is 6.82.